The summed E-state index contributed by atoms with van der Waals surface area (Å²) in [6.45, 7) is 7.02. The molecule has 1 rings (SSSR count). The Morgan fingerprint density at radius 2 is 1.70 bits per heavy atom. The number of hydrogen-bond acceptors (Lipinski definition) is 7. The van der Waals surface area contributed by atoms with E-state index in [9.17, 15) is 10.1 Å². The molecule has 1 aromatic heterocycles. The summed E-state index contributed by atoms with van der Waals surface area (Å²) in [5.74, 6) is 1.47. The Kier molecular flexibility index (Phi) is 7.06. The van der Waals surface area contributed by atoms with Crippen LogP contribution in [0, 0.1) is 10.1 Å². The van der Waals surface area contributed by atoms with Gasteiger partial charge in [0.1, 0.15) is 0 Å². The van der Waals surface area contributed by atoms with Gasteiger partial charge >= 0.3 is 5.69 Å². The molecule has 0 aliphatic heterocycles. The summed E-state index contributed by atoms with van der Waals surface area (Å²) < 4.78 is 0. The van der Waals surface area contributed by atoms with Crippen molar-refractivity contribution >= 4 is 29.1 Å². The van der Waals surface area contributed by atoms with Crippen molar-refractivity contribution in [1.82, 2.24) is 9.97 Å². The van der Waals surface area contributed by atoms with Gasteiger partial charge in [-0.3, -0.25) is 10.1 Å². The molecule has 1 heterocycles. The maximum absolute atomic E-state index is 11.2. The van der Waals surface area contributed by atoms with Gasteiger partial charge in [0, 0.05) is 18.8 Å². The molecule has 8 heteroatoms. The number of nitrogens with zero attached hydrogens (tertiary/aromatic N) is 3. The molecule has 0 aliphatic rings. The van der Waals surface area contributed by atoms with Crippen LogP contribution < -0.4 is 10.6 Å². The standard InChI is InChI=1S/C12H21N5O2S/c1-4-7-8-20-12-15-10(13-5-2)9(17(18)19)11(16-12)14-6-3/h4-8H2,1-3H3,(H2,13,14,15,16). The predicted octanol–water partition coefficient (Wildman–Crippen LogP) is 3.14. The van der Waals surface area contributed by atoms with Crippen molar-refractivity contribution in [3.8, 4) is 0 Å². The molecule has 0 amide bonds. The van der Waals surface area contributed by atoms with E-state index in [1.165, 1.54) is 11.8 Å². The lowest BCUT2D eigenvalue weighted by atomic mass is 10.4. The lowest BCUT2D eigenvalue weighted by Gasteiger charge is -2.10. The molecular weight excluding hydrogens is 278 g/mol. The summed E-state index contributed by atoms with van der Waals surface area (Å²) in [5, 5.41) is 17.7. The summed E-state index contributed by atoms with van der Waals surface area (Å²) in [6.07, 6.45) is 2.16. The molecule has 7 nitrogen and oxygen atoms in total. The summed E-state index contributed by atoms with van der Waals surface area (Å²) in [5.41, 5.74) is -0.0893. The number of unbranched alkanes of at least 4 members (excludes halogenated alkanes) is 1. The highest BCUT2D eigenvalue weighted by atomic mass is 32.2. The van der Waals surface area contributed by atoms with E-state index in [4.69, 9.17) is 0 Å². The van der Waals surface area contributed by atoms with Gasteiger partial charge in [0.15, 0.2) is 5.16 Å². The molecule has 20 heavy (non-hydrogen) atoms. The zero-order valence-corrected chi connectivity index (χ0v) is 12.9. The molecule has 112 valence electrons. The first-order valence-electron chi connectivity index (χ1n) is 6.80. The second-order valence-electron chi connectivity index (χ2n) is 4.07. The van der Waals surface area contributed by atoms with E-state index in [0.29, 0.717) is 18.2 Å². The average Bonchev–Trinajstić information content (AvgIpc) is 2.39. The molecule has 0 bridgehead atoms. The van der Waals surface area contributed by atoms with Gasteiger partial charge in [-0.2, -0.15) is 9.97 Å². The van der Waals surface area contributed by atoms with E-state index >= 15 is 0 Å². The molecule has 0 fully saturated rings. The van der Waals surface area contributed by atoms with Crippen molar-refractivity contribution < 1.29 is 4.92 Å². The molecule has 1 aromatic rings. The van der Waals surface area contributed by atoms with E-state index in [-0.39, 0.29) is 17.3 Å². The summed E-state index contributed by atoms with van der Waals surface area (Å²) in [4.78, 5) is 19.3. The van der Waals surface area contributed by atoms with Gasteiger partial charge < -0.3 is 10.6 Å². The molecule has 0 aliphatic carbocycles. The third-order valence-electron chi connectivity index (χ3n) is 2.46. The van der Waals surface area contributed by atoms with Crippen molar-refractivity contribution in [3.63, 3.8) is 0 Å². The Hall–Kier alpha value is -1.57. The van der Waals surface area contributed by atoms with Crippen molar-refractivity contribution in [2.75, 3.05) is 29.5 Å². The number of thioether (sulfide) groups is 1. The lowest BCUT2D eigenvalue weighted by Crippen LogP contribution is -2.10. The fraction of sp³-hybridized carbons (Fsp3) is 0.667. The minimum absolute atomic E-state index is 0.0893. The second-order valence-corrected chi connectivity index (χ2v) is 5.13. The third kappa shape index (κ3) is 4.52. The van der Waals surface area contributed by atoms with E-state index in [0.717, 1.165) is 18.6 Å². The van der Waals surface area contributed by atoms with Gasteiger partial charge in [-0.25, -0.2) is 0 Å². The zero-order chi connectivity index (χ0) is 15.0. The number of rotatable bonds is 9. The van der Waals surface area contributed by atoms with Gasteiger partial charge in [-0.05, 0) is 20.3 Å². The highest BCUT2D eigenvalue weighted by Crippen LogP contribution is 2.32. The number of anilines is 2. The average molecular weight is 299 g/mol. The van der Waals surface area contributed by atoms with Crippen molar-refractivity contribution in [2.24, 2.45) is 0 Å². The van der Waals surface area contributed by atoms with Crippen LogP contribution in [0.4, 0.5) is 17.3 Å². The Morgan fingerprint density at radius 1 is 1.15 bits per heavy atom. The van der Waals surface area contributed by atoms with Crippen molar-refractivity contribution in [2.45, 2.75) is 38.8 Å². The molecule has 0 saturated heterocycles. The van der Waals surface area contributed by atoms with Gasteiger partial charge in [0.2, 0.25) is 11.6 Å². The highest BCUT2D eigenvalue weighted by molar-refractivity contribution is 7.99. The Bertz CT molecular complexity index is 428. The molecule has 0 aromatic carbocycles. The van der Waals surface area contributed by atoms with Crippen LogP contribution in [0.2, 0.25) is 0 Å². The summed E-state index contributed by atoms with van der Waals surface area (Å²) in [7, 11) is 0. The zero-order valence-electron chi connectivity index (χ0n) is 12.1. The third-order valence-corrected chi connectivity index (χ3v) is 3.40. The maximum atomic E-state index is 11.2. The molecular formula is C12H21N5O2S. The smallest absolute Gasteiger partial charge is 0.353 e. The molecule has 2 N–H and O–H groups in total. The fourth-order valence-electron chi connectivity index (χ4n) is 1.56. The predicted molar refractivity (Wildman–Crippen MR) is 82.6 cm³/mol. The van der Waals surface area contributed by atoms with Crippen LogP contribution in [0.3, 0.4) is 0 Å². The monoisotopic (exact) mass is 299 g/mol. The quantitative estimate of drug-likeness (QED) is 0.238. The minimum Gasteiger partial charge on any atom is -0.364 e. The largest absolute Gasteiger partial charge is 0.364 e. The first-order valence-corrected chi connectivity index (χ1v) is 7.79. The summed E-state index contributed by atoms with van der Waals surface area (Å²) >= 11 is 1.52. The molecule has 0 saturated carbocycles. The molecule has 0 spiro atoms. The van der Waals surface area contributed by atoms with Crippen LogP contribution in [-0.4, -0.2) is 33.7 Å². The lowest BCUT2D eigenvalue weighted by molar-refractivity contribution is -0.383. The molecule has 0 unspecified atom stereocenters. The number of nitro groups is 1. The van der Waals surface area contributed by atoms with E-state index < -0.39 is 4.92 Å². The Balaban J connectivity index is 3.12. The van der Waals surface area contributed by atoms with Crippen molar-refractivity contribution in [1.29, 1.82) is 0 Å². The molecule has 0 atom stereocenters. The normalized spacial score (nSPS) is 10.3. The SMILES string of the molecule is CCCCSc1nc(NCC)c([N+](=O)[O-])c(NCC)n1. The van der Waals surface area contributed by atoms with Crippen LogP contribution in [0.15, 0.2) is 5.16 Å². The fourth-order valence-corrected chi connectivity index (χ4v) is 2.49. The number of nitrogens with one attached hydrogen (secondary N) is 2. The highest BCUT2D eigenvalue weighted by Gasteiger charge is 2.24. The Morgan fingerprint density at radius 3 is 2.10 bits per heavy atom. The van der Waals surface area contributed by atoms with Crippen LogP contribution in [0.25, 0.3) is 0 Å². The number of hydrogen-bond donors (Lipinski definition) is 2. The van der Waals surface area contributed by atoms with Gasteiger partial charge in [0.25, 0.3) is 0 Å². The van der Waals surface area contributed by atoms with Crippen LogP contribution in [0.1, 0.15) is 33.6 Å². The summed E-state index contributed by atoms with van der Waals surface area (Å²) in [6, 6.07) is 0. The van der Waals surface area contributed by atoms with Gasteiger partial charge in [-0.1, -0.05) is 25.1 Å². The van der Waals surface area contributed by atoms with Gasteiger partial charge in [0.05, 0.1) is 4.92 Å². The van der Waals surface area contributed by atoms with Crippen LogP contribution in [-0.2, 0) is 0 Å². The van der Waals surface area contributed by atoms with E-state index in [1.54, 1.807) is 0 Å². The maximum Gasteiger partial charge on any atom is 0.353 e. The Labute approximate surface area is 123 Å². The molecule has 0 radical (unpaired) electrons. The first kappa shape index (κ1) is 16.5. The minimum atomic E-state index is -0.448. The van der Waals surface area contributed by atoms with Crippen LogP contribution >= 0.6 is 11.8 Å². The topological polar surface area (TPSA) is 93.0 Å². The van der Waals surface area contributed by atoms with Crippen molar-refractivity contribution in [3.05, 3.63) is 10.1 Å². The second kappa shape index (κ2) is 8.57. The van der Waals surface area contributed by atoms with E-state index in [1.807, 2.05) is 13.8 Å². The van der Waals surface area contributed by atoms with Gasteiger partial charge in [-0.15, -0.1) is 0 Å². The van der Waals surface area contributed by atoms with Crippen LogP contribution in [0.5, 0.6) is 0 Å². The first-order chi connectivity index (χ1) is 9.63. The van der Waals surface area contributed by atoms with E-state index in [2.05, 4.69) is 27.5 Å². The number of aromatic nitrogens is 2.